The van der Waals surface area contributed by atoms with Gasteiger partial charge in [0.15, 0.2) is 29.2 Å². The van der Waals surface area contributed by atoms with Crippen molar-refractivity contribution in [2.75, 3.05) is 6.61 Å². The van der Waals surface area contributed by atoms with Crippen LogP contribution in [0.25, 0.3) is 17.2 Å². The molecule has 0 unspecified atom stereocenters. The number of furan rings is 1. The van der Waals surface area contributed by atoms with Crippen LogP contribution in [-0.2, 0) is 0 Å². The van der Waals surface area contributed by atoms with E-state index in [0.717, 1.165) is 11.4 Å². The molecule has 1 aliphatic rings. The Morgan fingerprint density at radius 3 is 2.83 bits per heavy atom. The smallest absolute Gasteiger partial charge is 0.253 e. The Bertz CT molecular complexity index is 1010. The summed E-state index contributed by atoms with van der Waals surface area (Å²) in [6.45, 7) is 0.351. The second-order valence-electron chi connectivity index (χ2n) is 5.35. The quantitative estimate of drug-likeness (QED) is 0.565. The van der Waals surface area contributed by atoms with Gasteiger partial charge in [0.05, 0.1) is 6.26 Å². The number of nitrogens with zero attached hydrogens (tertiary/aromatic N) is 4. The van der Waals surface area contributed by atoms with E-state index in [-0.39, 0.29) is 6.10 Å². The Hall–Kier alpha value is -3.35. The molecule has 0 radical (unpaired) electrons. The fraction of sp³-hybridized carbons (Fsp3) is 0.118. The highest BCUT2D eigenvalue weighted by molar-refractivity contribution is 5.55. The molecular formula is C17H12N4O3. The van der Waals surface area contributed by atoms with Crippen molar-refractivity contribution in [3.05, 3.63) is 60.7 Å². The van der Waals surface area contributed by atoms with Crippen molar-refractivity contribution in [2.45, 2.75) is 6.10 Å². The van der Waals surface area contributed by atoms with Crippen molar-refractivity contribution in [1.82, 2.24) is 19.6 Å². The number of aromatic nitrogens is 4. The maximum absolute atomic E-state index is 5.96. The lowest BCUT2D eigenvalue weighted by Crippen LogP contribution is -2.22. The zero-order valence-electron chi connectivity index (χ0n) is 12.5. The standard InChI is InChI=1S/C17H12N4O3/c1-2-5-14-13(4-1)23-10-15(24-14)16-19-17-18-8-7-11(21(17)20-16)12-6-3-9-22-12/h1-9,15H,10H2/t15-/m1/s1. The van der Waals surface area contributed by atoms with Crippen molar-refractivity contribution in [1.29, 1.82) is 0 Å². The van der Waals surface area contributed by atoms with E-state index < -0.39 is 0 Å². The zero-order chi connectivity index (χ0) is 15.9. The molecule has 0 saturated heterocycles. The van der Waals surface area contributed by atoms with Crippen molar-refractivity contribution in [3.8, 4) is 23.0 Å². The lowest BCUT2D eigenvalue weighted by atomic mass is 10.2. The molecule has 7 heteroatoms. The highest BCUT2D eigenvalue weighted by Gasteiger charge is 2.26. The van der Waals surface area contributed by atoms with Gasteiger partial charge in [0.2, 0.25) is 0 Å². The van der Waals surface area contributed by atoms with E-state index in [1.54, 1.807) is 17.0 Å². The Kier molecular flexibility index (Phi) is 2.78. The van der Waals surface area contributed by atoms with E-state index in [2.05, 4.69) is 15.1 Å². The van der Waals surface area contributed by atoms with E-state index in [1.807, 2.05) is 42.5 Å². The van der Waals surface area contributed by atoms with Crippen molar-refractivity contribution >= 4 is 5.78 Å². The zero-order valence-corrected chi connectivity index (χ0v) is 12.5. The summed E-state index contributed by atoms with van der Waals surface area (Å²) in [6, 6.07) is 13.1. The third-order valence-electron chi connectivity index (χ3n) is 3.83. The molecule has 0 amide bonds. The van der Waals surface area contributed by atoms with Gasteiger partial charge in [-0.15, -0.1) is 5.10 Å². The third kappa shape index (κ3) is 2.02. The Morgan fingerprint density at radius 1 is 1.04 bits per heavy atom. The average Bonchev–Trinajstić information content (AvgIpc) is 3.30. The van der Waals surface area contributed by atoms with E-state index in [1.165, 1.54) is 0 Å². The maximum Gasteiger partial charge on any atom is 0.253 e. The largest absolute Gasteiger partial charge is 0.485 e. The van der Waals surface area contributed by atoms with E-state index >= 15 is 0 Å². The van der Waals surface area contributed by atoms with Gasteiger partial charge in [-0.05, 0) is 30.3 Å². The summed E-state index contributed by atoms with van der Waals surface area (Å²) >= 11 is 0. The molecule has 118 valence electrons. The highest BCUT2D eigenvalue weighted by Crippen LogP contribution is 2.35. The van der Waals surface area contributed by atoms with Crippen molar-refractivity contribution in [3.63, 3.8) is 0 Å². The molecule has 7 nitrogen and oxygen atoms in total. The SMILES string of the molecule is c1coc(-c2ccnc3nc([C@H]4COc5ccccc5O4)nn23)c1. The van der Waals surface area contributed by atoms with Crippen LogP contribution in [0.1, 0.15) is 11.9 Å². The molecule has 0 spiro atoms. The molecule has 4 aromatic rings. The van der Waals surface area contributed by atoms with Crippen LogP contribution < -0.4 is 9.47 Å². The van der Waals surface area contributed by atoms with E-state index in [4.69, 9.17) is 13.9 Å². The van der Waals surface area contributed by atoms with Crippen molar-refractivity contribution < 1.29 is 13.9 Å². The molecule has 1 aromatic carbocycles. The molecule has 5 rings (SSSR count). The molecular weight excluding hydrogens is 308 g/mol. The number of ether oxygens (including phenoxy) is 2. The summed E-state index contributed by atoms with van der Waals surface area (Å²) in [7, 11) is 0. The minimum atomic E-state index is -0.383. The van der Waals surface area contributed by atoms with Gasteiger partial charge in [0.25, 0.3) is 5.78 Å². The van der Waals surface area contributed by atoms with Gasteiger partial charge in [-0.1, -0.05) is 12.1 Å². The first-order chi connectivity index (χ1) is 11.9. The van der Waals surface area contributed by atoms with E-state index in [9.17, 15) is 0 Å². The molecule has 0 fully saturated rings. The van der Waals surface area contributed by atoms with Gasteiger partial charge >= 0.3 is 0 Å². The van der Waals surface area contributed by atoms with Crippen LogP contribution in [0.3, 0.4) is 0 Å². The molecule has 24 heavy (non-hydrogen) atoms. The molecule has 3 aromatic heterocycles. The minimum absolute atomic E-state index is 0.351. The first-order valence-electron chi connectivity index (χ1n) is 7.52. The van der Waals surface area contributed by atoms with Gasteiger partial charge in [0, 0.05) is 6.20 Å². The van der Waals surface area contributed by atoms with Gasteiger partial charge in [0.1, 0.15) is 12.3 Å². The Labute approximate surface area is 136 Å². The molecule has 1 atom stereocenters. The molecule has 0 N–H and O–H groups in total. The average molecular weight is 320 g/mol. The predicted octanol–water partition coefficient (Wildman–Crippen LogP) is 2.90. The minimum Gasteiger partial charge on any atom is -0.485 e. The lowest BCUT2D eigenvalue weighted by molar-refractivity contribution is 0.0852. The molecule has 0 bridgehead atoms. The normalized spacial score (nSPS) is 16.4. The second kappa shape index (κ2) is 5.09. The number of rotatable bonds is 2. The molecule has 0 aliphatic carbocycles. The number of benzene rings is 1. The molecule has 1 aliphatic heterocycles. The summed E-state index contributed by atoms with van der Waals surface area (Å²) in [5.74, 6) is 3.13. The number of hydrogen-bond donors (Lipinski definition) is 0. The Morgan fingerprint density at radius 2 is 1.96 bits per heavy atom. The lowest BCUT2D eigenvalue weighted by Gasteiger charge is -2.24. The van der Waals surface area contributed by atoms with Crippen LogP contribution >= 0.6 is 0 Å². The van der Waals surface area contributed by atoms with Crippen LogP contribution in [0.2, 0.25) is 0 Å². The molecule has 0 saturated carbocycles. The van der Waals surface area contributed by atoms with Gasteiger partial charge in [-0.2, -0.15) is 9.50 Å². The van der Waals surface area contributed by atoms with Crippen LogP contribution in [0, 0.1) is 0 Å². The van der Waals surface area contributed by atoms with Crippen LogP contribution in [0.5, 0.6) is 11.5 Å². The van der Waals surface area contributed by atoms with Gasteiger partial charge in [-0.3, -0.25) is 0 Å². The Balaban J connectivity index is 1.56. The summed E-state index contributed by atoms with van der Waals surface area (Å²) in [4.78, 5) is 8.74. The second-order valence-corrected chi connectivity index (χ2v) is 5.35. The summed E-state index contributed by atoms with van der Waals surface area (Å²) in [6.07, 6.45) is 2.92. The maximum atomic E-state index is 5.96. The number of hydrogen-bond acceptors (Lipinski definition) is 6. The van der Waals surface area contributed by atoms with Gasteiger partial charge in [-0.25, -0.2) is 4.98 Å². The highest BCUT2D eigenvalue weighted by atomic mass is 16.6. The topological polar surface area (TPSA) is 74.7 Å². The van der Waals surface area contributed by atoms with Crippen LogP contribution in [0.15, 0.2) is 59.3 Å². The number of fused-ring (bicyclic) bond motifs is 2. The summed E-state index contributed by atoms with van der Waals surface area (Å²) in [5, 5.41) is 4.54. The first-order valence-corrected chi connectivity index (χ1v) is 7.52. The van der Waals surface area contributed by atoms with Crippen molar-refractivity contribution in [2.24, 2.45) is 0 Å². The monoisotopic (exact) mass is 320 g/mol. The summed E-state index contributed by atoms with van der Waals surface area (Å²) in [5.41, 5.74) is 0.779. The molecule has 4 heterocycles. The van der Waals surface area contributed by atoms with Gasteiger partial charge < -0.3 is 13.9 Å². The fourth-order valence-electron chi connectivity index (χ4n) is 2.70. The summed E-state index contributed by atoms with van der Waals surface area (Å²) < 4.78 is 18.8. The van der Waals surface area contributed by atoms with Crippen LogP contribution in [0.4, 0.5) is 0 Å². The fourth-order valence-corrected chi connectivity index (χ4v) is 2.70. The van der Waals surface area contributed by atoms with E-state index in [0.29, 0.717) is 29.7 Å². The van der Waals surface area contributed by atoms with Crippen LogP contribution in [-0.4, -0.2) is 26.2 Å². The number of para-hydroxylation sites is 2. The third-order valence-corrected chi connectivity index (χ3v) is 3.83. The predicted molar refractivity (Wildman–Crippen MR) is 83.8 cm³/mol. The first kappa shape index (κ1) is 13.1.